The quantitative estimate of drug-likeness (QED) is 0.847. The summed E-state index contributed by atoms with van der Waals surface area (Å²) in [6.07, 6.45) is 0.140. The number of carbonyl (C=O) groups is 1. The minimum atomic E-state index is -3.62. The van der Waals surface area contributed by atoms with E-state index in [-0.39, 0.29) is 28.8 Å². The molecule has 2 rings (SSSR count). The van der Waals surface area contributed by atoms with Crippen LogP contribution in [0.3, 0.4) is 0 Å². The third-order valence-electron chi connectivity index (χ3n) is 3.70. The lowest BCUT2D eigenvalue weighted by Crippen LogP contribution is -2.49. The van der Waals surface area contributed by atoms with Crippen LogP contribution in [0, 0.1) is 11.3 Å². The molecule has 0 aliphatic carbocycles. The molecule has 1 aromatic carbocycles. The van der Waals surface area contributed by atoms with E-state index < -0.39 is 26.7 Å². The molecule has 1 aliphatic rings. The van der Waals surface area contributed by atoms with Gasteiger partial charge in [-0.3, -0.25) is 4.79 Å². The van der Waals surface area contributed by atoms with Crippen LogP contribution in [0.1, 0.15) is 20.3 Å². The number of halogens is 1. The third-order valence-corrected chi connectivity index (χ3v) is 6.35. The van der Waals surface area contributed by atoms with Gasteiger partial charge in [0.1, 0.15) is 5.54 Å². The Labute approximate surface area is 140 Å². The number of hydrogen-bond donors (Lipinski definition) is 2. The molecule has 1 fully saturated rings. The van der Waals surface area contributed by atoms with Gasteiger partial charge in [-0.25, -0.2) is 8.42 Å². The van der Waals surface area contributed by atoms with Crippen molar-refractivity contribution in [3.8, 4) is 6.07 Å². The van der Waals surface area contributed by atoms with E-state index in [1.807, 2.05) is 6.07 Å². The summed E-state index contributed by atoms with van der Waals surface area (Å²) in [5.41, 5.74) is -1.00. The average Bonchev–Trinajstić information content (AvgIpc) is 2.98. The smallest absolute Gasteiger partial charge is 0.238 e. The van der Waals surface area contributed by atoms with Crippen molar-refractivity contribution in [3.05, 3.63) is 29.3 Å². The maximum absolute atomic E-state index is 12.7. The van der Waals surface area contributed by atoms with E-state index in [2.05, 4.69) is 10.6 Å². The first-order chi connectivity index (χ1) is 10.7. The molecule has 0 spiro atoms. The number of sulfone groups is 1. The van der Waals surface area contributed by atoms with Crippen LogP contribution < -0.4 is 10.6 Å². The second kappa shape index (κ2) is 6.48. The third kappa shape index (κ3) is 3.83. The Morgan fingerprint density at radius 2 is 2.09 bits per heavy atom. The summed E-state index contributed by atoms with van der Waals surface area (Å²) in [5, 5.41) is 13.9. The van der Waals surface area contributed by atoms with Gasteiger partial charge in [-0.05, 0) is 32.4 Å². The second-order valence-corrected chi connectivity index (χ2v) is 8.62. The summed E-state index contributed by atoms with van der Waals surface area (Å²) in [4.78, 5) is 12.2. The summed E-state index contributed by atoms with van der Waals surface area (Å²) in [6.45, 7) is 3.33. The van der Waals surface area contributed by atoms with Crippen LogP contribution in [-0.4, -0.2) is 37.7 Å². The zero-order valence-corrected chi connectivity index (χ0v) is 14.4. The number of hydrogen-bond acceptors (Lipinski definition) is 5. The second-order valence-electron chi connectivity index (χ2n) is 6.02. The van der Waals surface area contributed by atoms with E-state index in [1.165, 1.54) is 12.1 Å². The fraction of sp³-hybridized carbons (Fsp3) is 0.467. The molecule has 1 heterocycles. The molecule has 23 heavy (non-hydrogen) atoms. The molecule has 6 nitrogen and oxygen atoms in total. The number of nitrogens with one attached hydrogen (secondary N) is 2. The molecular formula is C15H18ClN3O3S. The van der Waals surface area contributed by atoms with Crippen molar-refractivity contribution in [2.24, 2.45) is 0 Å². The normalized spacial score (nSPS) is 21.7. The summed E-state index contributed by atoms with van der Waals surface area (Å²) < 4.78 is 25.3. The van der Waals surface area contributed by atoms with Crippen LogP contribution in [0.25, 0.3) is 0 Å². The monoisotopic (exact) mass is 355 g/mol. The fourth-order valence-corrected chi connectivity index (χ4v) is 4.60. The van der Waals surface area contributed by atoms with E-state index in [9.17, 15) is 13.2 Å². The predicted molar refractivity (Wildman–Crippen MR) is 86.7 cm³/mol. The predicted octanol–water partition coefficient (Wildman–Crippen LogP) is 1.26. The topological polar surface area (TPSA) is 99.1 Å². The number of nitriles is 1. The molecular weight excluding hydrogens is 338 g/mol. The van der Waals surface area contributed by atoms with Gasteiger partial charge in [0.2, 0.25) is 5.91 Å². The van der Waals surface area contributed by atoms with Crippen molar-refractivity contribution in [2.45, 2.75) is 42.0 Å². The van der Waals surface area contributed by atoms with Crippen molar-refractivity contribution in [2.75, 3.05) is 6.54 Å². The zero-order valence-electron chi connectivity index (χ0n) is 12.8. The Hall–Kier alpha value is -1.62. The van der Waals surface area contributed by atoms with Gasteiger partial charge in [0.15, 0.2) is 9.84 Å². The van der Waals surface area contributed by atoms with Crippen LogP contribution in [0.15, 0.2) is 29.2 Å². The van der Waals surface area contributed by atoms with Crippen molar-refractivity contribution in [1.82, 2.24) is 10.6 Å². The standard InChI is InChI=1S/C15H18ClN3O3S/c1-15(2,9-17)19-14(20)12-7-10(8-18-12)23(21,22)13-6-4-3-5-11(13)16/h3-6,10,12,18H,7-8H2,1-2H3,(H,19,20). The van der Waals surface area contributed by atoms with Gasteiger partial charge < -0.3 is 10.6 Å². The molecule has 0 bridgehead atoms. The SMILES string of the molecule is CC(C)(C#N)NC(=O)C1CC(S(=O)(=O)c2ccccc2Cl)CN1. The first kappa shape index (κ1) is 17.7. The number of rotatable bonds is 4. The number of nitrogens with zero attached hydrogens (tertiary/aromatic N) is 1. The van der Waals surface area contributed by atoms with E-state index >= 15 is 0 Å². The highest BCUT2D eigenvalue weighted by atomic mass is 35.5. The molecule has 124 valence electrons. The van der Waals surface area contributed by atoms with Gasteiger partial charge in [0, 0.05) is 6.54 Å². The Bertz CT molecular complexity index is 755. The lowest BCUT2D eigenvalue weighted by molar-refractivity contribution is -0.123. The average molecular weight is 356 g/mol. The minimum absolute atomic E-state index is 0.0758. The minimum Gasteiger partial charge on any atom is -0.337 e. The summed E-state index contributed by atoms with van der Waals surface area (Å²) in [5.74, 6) is -0.381. The first-order valence-electron chi connectivity index (χ1n) is 7.12. The van der Waals surface area contributed by atoms with E-state index in [0.29, 0.717) is 0 Å². The molecule has 1 aromatic rings. The lowest BCUT2D eigenvalue weighted by Gasteiger charge is -2.20. The lowest BCUT2D eigenvalue weighted by atomic mass is 10.1. The van der Waals surface area contributed by atoms with Gasteiger partial charge >= 0.3 is 0 Å². The summed E-state index contributed by atoms with van der Waals surface area (Å²) in [6, 6.07) is 7.59. The van der Waals surface area contributed by atoms with E-state index in [4.69, 9.17) is 16.9 Å². The molecule has 8 heteroatoms. The van der Waals surface area contributed by atoms with Gasteiger partial charge in [-0.15, -0.1) is 0 Å². The van der Waals surface area contributed by atoms with Crippen LogP contribution in [0.5, 0.6) is 0 Å². The van der Waals surface area contributed by atoms with Crippen molar-refractivity contribution in [1.29, 1.82) is 5.26 Å². The summed E-state index contributed by atoms with van der Waals surface area (Å²) >= 11 is 5.98. The van der Waals surface area contributed by atoms with Gasteiger partial charge in [0.25, 0.3) is 0 Å². The van der Waals surface area contributed by atoms with Gasteiger partial charge in [-0.2, -0.15) is 5.26 Å². The van der Waals surface area contributed by atoms with Gasteiger partial charge in [0.05, 0.1) is 27.3 Å². The molecule has 1 aliphatic heterocycles. The Kier molecular flexibility index (Phi) is 4.99. The Morgan fingerprint density at radius 3 is 2.70 bits per heavy atom. The highest BCUT2D eigenvalue weighted by Gasteiger charge is 2.39. The molecule has 2 unspecified atom stereocenters. The van der Waals surface area contributed by atoms with Crippen LogP contribution in [-0.2, 0) is 14.6 Å². The van der Waals surface area contributed by atoms with Crippen LogP contribution in [0.4, 0.5) is 0 Å². The maximum atomic E-state index is 12.7. The van der Waals surface area contributed by atoms with E-state index in [0.717, 1.165) is 0 Å². The largest absolute Gasteiger partial charge is 0.337 e. The molecule has 0 radical (unpaired) electrons. The molecule has 1 saturated heterocycles. The zero-order chi connectivity index (χ0) is 17.3. The summed E-state index contributed by atoms with van der Waals surface area (Å²) in [7, 11) is -3.62. The first-order valence-corrected chi connectivity index (χ1v) is 9.05. The van der Waals surface area contributed by atoms with Gasteiger partial charge in [-0.1, -0.05) is 23.7 Å². The van der Waals surface area contributed by atoms with Crippen molar-refractivity contribution in [3.63, 3.8) is 0 Å². The highest BCUT2D eigenvalue weighted by Crippen LogP contribution is 2.28. The molecule has 2 N–H and O–H groups in total. The maximum Gasteiger partial charge on any atom is 0.238 e. The highest BCUT2D eigenvalue weighted by molar-refractivity contribution is 7.92. The molecule has 2 atom stereocenters. The number of benzene rings is 1. The molecule has 0 aromatic heterocycles. The van der Waals surface area contributed by atoms with Crippen LogP contribution >= 0.6 is 11.6 Å². The van der Waals surface area contributed by atoms with Crippen molar-refractivity contribution < 1.29 is 13.2 Å². The molecule has 0 saturated carbocycles. The fourth-order valence-electron chi connectivity index (χ4n) is 2.42. The number of carbonyl (C=O) groups excluding carboxylic acids is 1. The van der Waals surface area contributed by atoms with Crippen molar-refractivity contribution >= 4 is 27.3 Å². The van der Waals surface area contributed by atoms with E-state index in [1.54, 1.807) is 26.0 Å². The number of amides is 1. The van der Waals surface area contributed by atoms with Crippen LogP contribution in [0.2, 0.25) is 5.02 Å². The Balaban J connectivity index is 2.13. The molecule has 1 amide bonds. The Morgan fingerprint density at radius 1 is 1.43 bits per heavy atom.